The summed E-state index contributed by atoms with van der Waals surface area (Å²) >= 11 is 0. The number of anilines is 3. The van der Waals surface area contributed by atoms with E-state index in [1.165, 1.54) is 24.3 Å². The summed E-state index contributed by atoms with van der Waals surface area (Å²) < 4.78 is 11.0. The van der Waals surface area contributed by atoms with Crippen LogP contribution in [-0.2, 0) is 4.57 Å². The topological polar surface area (TPSA) is 186 Å². The van der Waals surface area contributed by atoms with E-state index in [1.807, 2.05) is 0 Å². The van der Waals surface area contributed by atoms with Gasteiger partial charge in [-0.15, -0.1) is 5.11 Å². The van der Waals surface area contributed by atoms with Crippen LogP contribution in [0.5, 0.6) is 0 Å². The maximum Gasteiger partial charge on any atom is 0.356 e. The molecular weight excluding hydrogens is 297 g/mol. The maximum absolute atomic E-state index is 11.0. The van der Waals surface area contributed by atoms with Crippen molar-refractivity contribution in [2.24, 2.45) is 10.2 Å². The van der Waals surface area contributed by atoms with Crippen molar-refractivity contribution in [1.29, 1.82) is 0 Å². The van der Waals surface area contributed by atoms with E-state index < -0.39 is 7.60 Å². The molecule has 0 radical (unpaired) electrons. The Balaban J connectivity index is 2.28. The fourth-order valence-electron chi connectivity index (χ4n) is 1.43. The van der Waals surface area contributed by atoms with Crippen molar-refractivity contribution in [3.05, 3.63) is 24.3 Å². The molecule has 0 bridgehead atoms. The number of rotatable bonds is 3. The van der Waals surface area contributed by atoms with E-state index in [4.69, 9.17) is 27.0 Å². The van der Waals surface area contributed by atoms with Crippen molar-refractivity contribution in [3.63, 3.8) is 0 Å². The zero-order valence-corrected chi connectivity index (χ0v) is 11.5. The summed E-state index contributed by atoms with van der Waals surface area (Å²) in [6, 6.07) is 5.29. The molecular formula is C10H12N7O3P. The third-order valence-electron chi connectivity index (χ3n) is 2.41. The Hall–Kier alpha value is -2.55. The number of azo groups is 1. The molecule has 110 valence electrons. The summed E-state index contributed by atoms with van der Waals surface area (Å²) in [5.74, 6) is -0.110. The average molecular weight is 309 g/mol. The van der Waals surface area contributed by atoms with Gasteiger partial charge in [0.05, 0.1) is 11.0 Å². The van der Waals surface area contributed by atoms with Gasteiger partial charge in [-0.2, -0.15) is 15.1 Å². The van der Waals surface area contributed by atoms with E-state index in [0.717, 1.165) is 0 Å². The minimum atomic E-state index is -4.28. The lowest BCUT2D eigenvalue weighted by Gasteiger charge is -2.04. The van der Waals surface area contributed by atoms with Crippen LogP contribution in [0.2, 0.25) is 0 Å². The number of hydrogen-bond donors (Lipinski definition) is 5. The van der Waals surface area contributed by atoms with E-state index in [0.29, 0.717) is 5.69 Å². The monoisotopic (exact) mass is 309 g/mol. The van der Waals surface area contributed by atoms with Gasteiger partial charge in [-0.1, -0.05) is 0 Å². The highest BCUT2D eigenvalue weighted by molar-refractivity contribution is 7.60. The Bertz CT molecular complexity index is 718. The largest absolute Gasteiger partial charge is 0.382 e. The second-order valence-corrected chi connectivity index (χ2v) is 5.57. The van der Waals surface area contributed by atoms with Crippen molar-refractivity contribution in [2.45, 2.75) is 0 Å². The summed E-state index contributed by atoms with van der Waals surface area (Å²) in [4.78, 5) is 25.4. The standard InChI is InChI=1S/C10H12N7O3P/c11-8-7(9(12)15-10(13)14-8)17-16-5-1-3-6(4-2-5)21(18,19)20/h1-4H,(H2,18,19,20)(H6,11,12,13,14,15). The van der Waals surface area contributed by atoms with E-state index in [9.17, 15) is 4.57 Å². The first-order valence-corrected chi connectivity index (χ1v) is 7.15. The molecule has 10 nitrogen and oxygen atoms in total. The molecule has 0 spiro atoms. The third kappa shape index (κ3) is 3.51. The molecule has 0 aliphatic rings. The van der Waals surface area contributed by atoms with Crippen molar-refractivity contribution in [2.75, 3.05) is 17.2 Å². The second-order valence-electron chi connectivity index (χ2n) is 3.96. The van der Waals surface area contributed by atoms with Gasteiger partial charge >= 0.3 is 7.60 Å². The number of nitrogens with zero attached hydrogens (tertiary/aromatic N) is 4. The van der Waals surface area contributed by atoms with Crippen molar-refractivity contribution in [1.82, 2.24) is 9.97 Å². The molecule has 0 saturated heterocycles. The van der Waals surface area contributed by atoms with Crippen molar-refractivity contribution < 1.29 is 14.4 Å². The van der Waals surface area contributed by atoms with Gasteiger partial charge in [0.15, 0.2) is 17.3 Å². The Kier molecular flexibility index (Phi) is 3.85. The van der Waals surface area contributed by atoms with Gasteiger partial charge in [-0.25, -0.2) is 0 Å². The lowest BCUT2D eigenvalue weighted by atomic mass is 10.3. The molecule has 1 aromatic heterocycles. The summed E-state index contributed by atoms with van der Waals surface area (Å²) in [7, 11) is -4.28. The highest BCUT2D eigenvalue weighted by Crippen LogP contribution is 2.34. The Morgan fingerprint density at radius 1 is 0.952 bits per heavy atom. The van der Waals surface area contributed by atoms with Gasteiger partial charge in [0.1, 0.15) is 0 Å². The molecule has 1 aromatic carbocycles. The van der Waals surface area contributed by atoms with E-state index >= 15 is 0 Å². The number of benzene rings is 1. The van der Waals surface area contributed by atoms with E-state index in [1.54, 1.807) is 0 Å². The molecule has 2 aromatic rings. The van der Waals surface area contributed by atoms with Gasteiger partial charge < -0.3 is 27.0 Å². The lowest BCUT2D eigenvalue weighted by Crippen LogP contribution is -2.03. The van der Waals surface area contributed by atoms with Crippen molar-refractivity contribution in [3.8, 4) is 0 Å². The normalized spacial score (nSPS) is 11.9. The summed E-state index contributed by atoms with van der Waals surface area (Å²) in [5, 5.41) is 7.54. The van der Waals surface area contributed by atoms with Crippen LogP contribution in [0.15, 0.2) is 34.5 Å². The van der Waals surface area contributed by atoms with Crippen LogP contribution >= 0.6 is 7.60 Å². The predicted octanol–water partition coefficient (Wildman–Crippen LogP) is 0.442. The van der Waals surface area contributed by atoms with Crippen LogP contribution in [0.3, 0.4) is 0 Å². The highest BCUT2D eigenvalue weighted by Gasteiger charge is 2.16. The zero-order valence-electron chi connectivity index (χ0n) is 10.6. The minimum absolute atomic E-state index is 0.0180. The SMILES string of the molecule is Nc1nc(N)c(N=Nc2ccc(P(=O)(O)O)cc2)c(N)n1. The average Bonchev–Trinajstić information content (AvgIpc) is 2.37. The first-order chi connectivity index (χ1) is 9.77. The van der Waals surface area contributed by atoms with E-state index in [-0.39, 0.29) is 28.6 Å². The lowest BCUT2D eigenvalue weighted by molar-refractivity contribution is 0.387. The van der Waals surface area contributed by atoms with Crippen LogP contribution in [0, 0.1) is 0 Å². The van der Waals surface area contributed by atoms with Gasteiger partial charge in [0.2, 0.25) is 5.95 Å². The highest BCUT2D eigenvalue weighted by atomic mass is 31.2. The Morgan fingerprint density at radius 2 is 1.48 bits per heavy atom. The van der Waals surface area contributed by atoms with Crippen LogP contribution in [0.25, 0.3) is 0 Å². The summed E-state index contributed by atoms with van der Waals surface area (Å²) in [6.45, 7) is 0. The molecule has 0 aliphatic carbocycles. The zero-order chi connectivity index (χ0) is 15.6. The second kappa shape index (κ2) is 5.44. The van der Waals surface area contributed by atoms with Gasteiger partial charge in [0, 0.05) is 0 Å². The number of hydrogen-bond acceptors (Lipinski definition) is 8. The van der Waals surface area contributed by atoms with Gasteiger partial charge in [-0.05, 0) is 24.3 Å². The first-order valence-electron chi connectivity index (χ1n) is 5.54. The van der Waals surface area contributed by atoms with Gasteiger partial charge in [-0.3, -0.25) is 4.57 Å². The molecule has 0 amide bonds. The quantitative estimate of drug-likeness (QED) is 0.399. The molecule has 2 rings (SSSR count). The molecule has 0 saturated carbocycles. The molecule has 0 fully saturated rings. The van der Waals surface area contributed by atoms with Crippen LogP contribution in [-0.4, -0.2) is 19.8 Å². The fraction of sp³-hybridized carbons (Fsp3) is 0. The van der Waals surface area contributed by atoms with E-state index in [2.05, 4.69) is 20.2 Å². The Morgan fingerprint density at radius 3 is 1.95 bits per heavy atom. The molecule has 0 unspecified atom stereocenters. The summed E-state index contributed by atoms with van der Waals surface area (Å²) in [5.41, 5.74) is 17.0. The molecule has 8 N–H and O–H groups in total. The predicted molar refractivity (Wildman–Crippen MR) is 77.6 cm³/mol. The Labute approximate surface area is 118 Å². The maximum atomic E-state index is 11.0. The molecule has 11 heteroatoms. The molecule has 1 heterocycles. The van der Waals surface area contributed by atoms with Crippen molar-refractivity contribution >= 4 is 41.9 Å². The van der Waals surface area contributed by atoms with Crippen LogP contribution in [0.4, 0.5) is 29.0 Å². The molecule has 0 aliphatic heterocycles. The third-order valence-corrected chi connectivity index (χ3v) is 3.38. The number of nitrogens with two attached hydrogens (primary N) is 3. The molecule has 21 heavy (non-hydrogen) atoms. The summed E-state index contributed by atoms with van der Waals surface area (Å²) in [6.07, 6.45) is 0. The minimum Gasteiger partial charge on any atom is -0.382 e. The van der Waals surface area contributed by atoms with Crippen LogP contribution in [0.1, 0.15) is 0 Å². The fourth-order valence-corrected chi connectivity index (χ4v) is 1.97. The van der Waals surface area contributed by atoms with Gasteiger partial charge in [0.25, 0.3) is 0 Å². The van der Waals surface area contributed by atoms with Crippen LogP contribution < -0.4 is 22.5 Å². The molecule has 0 atom stereocenters. The first kappa shape index (κ1) is 14.9. The number of aromatic nitrogens is 2. The number of nitrogen functional groups attached to an aromatic ring is 3. The smallest absolute Gasteiger partial charge is 0.356 e.